The average Bonchev–Trinajstić information content (AvgIpc) is 2.81. The van der Waals surface area contributed by atoms with Crippen molar-refractivity contribution < 1.29 is 9.53 Å². The van der Waals surface area contributed by atoms with Crippen LogP contribution >= 0.6 is 11.3 Å². The molecule has 0 N–H and O–H groups in total. The Hall–Kier alpha value is -0.670. The second-order valence-electron chi connectivity index (χ2n) is 3.97. The fourth-order valence-corrected chi connectivity index (χ4v) is 2.58. The summed E-state index contributed by atoms with van der Waals surface area (Å²) in [6.07, 6.45) is 6.38. The smallest absolute Gasteiger partial charge is 0.198 e. The molecule has 0 radical (unpaired) electrons. The van der Waals surface area contributed by atoms with Gasteiger partial charge in [-0.15, -0.1) is 11.3 Å². The number of carbonyl (C=O) groups is 1. The summed E-state index contributed by atoms with van der Waals surface area (Å²) in [5.41, 5.74) is 0. The largest absolute Gasteiger partial charge is 0.370 e. The van der Waals surface area contributed by atoms with E-state index in [2.05, 4.69) is 0 Å². The Kier molecular flexibility index (Phi) is 3.92. The van der Waals surface area contributed by atoms with Crippen molar-refractivity contribution in [3.63, 3.8) is 0 Å². The molecule has 1 fully saturated rings. The number of carbonyl (C=O) groups excluding carboxylic acids is 1. The molecule has 0 bridgehead atoms. The van der Waals surface area contributed by atoms with Crippen LogP contribution in [0.5, 0.6) is 0 Å². The van der Waals surface area contributed by atoms with E-state index in [0.717, 1.165) is 17.7 Å². The van der Waals surface area contributed by atoms with Crippen LogP contribution in [0.3, 0.4) is 0 Å². The van der Waals surface area contributed by atoms with Crippen LogP contribution in [0.4, 0.5) is 0 Å². The second-order valence-corrected chi connectivity index (χ2v) is 4.92. The van der Waals surface area contributed by atoms with E-state index in [0.29, 0.717) is 6.10 Å². The van der Waals surface area contributed by atoms with Crippen LogP contribution in [0.1, 0.15) is 41.8 Å². The maximum atomic E-state index is 11.6. The van der Waals surface area contributed by atoms with Gasteiger partial charge < -0.3 is 4.74 Å². The molecule has 0 unspecified atom stereocenters. The maximum Gasteiger partial charge on any atom is 0.198 e. The van der Waals surface area contributed by atoms with Crippen LogP contribution in [-0.4, -0.2) is 18.5 Å². The van der Waals surface area contributed by atoms with Gasteiger partial charge in [0.15, 0.2) is 5.78 Å². The molecule has 2 nitrogen and oxygen atoms in total. The molecule has 0 atom stereocenters. The van der Waals surface area contributed by atoms with Gasteiger partial charge in [-0.2, -0.15) is 0 Å². The predicted molar refractivity (Wildman–Crippen MR) is 61.5 cm³/mol. The minimum atomic E-state index is 0.121. The van der Waals surface area contributed by atoms with Gasteiger partial charge in [-0.3, -0.25) is 4.79 Å². The maximum absolute atomic E-state index is 11.6. The SMILES string of the molecule is O=C(COC1CCCCC1)c1cccs1. The highest BCUT2D eigenvalue weighted by atomic mass is 32.1. The molecule has 0 aliphatic heterocycles. The van der Waals surface area contributed by atoms with Gasteiger partial charge in [-0.1, -0.05) is 25.3 Å². The molecule has 1 heterocycles. The number of hydrogen-bond donors (Lipinski definition) is 0. The van der Waals surface area contributed by atoms with Gasteiger partial charge in [0.2, 0.25) is 0 Å². The minimum absolute atomic E-state index is 0.121. The summed E-state index contributed by atoms with van der Waals surface area (Å²) in [6, 6.07) is 3.76. The highest BCUT2D eigenvalue weighted by Gasteiger charge is 2.15. The van der Waals surface area contributed by atoms with Crippen molar-refractivity contribution in [2.45, 2.75) is 38.2 Å². The van der Waals surface area contributed by atoms with E-state index in [9.17, 15) is 4.79 Å². The Labute approximate surface area is 94.3 Å². The van der Waals surface area contributed by atoms with Gasteiger partial charge in [0.25, 0.3) is 0 Å². The molecule has 1 aromatic rings. The van der Waals surface area contributed by atoms with E-state index in [1.54, 1.807) is 0 Å². The molecular weight excluding hydrogens is 208 g/mol. The second kappa shape index (κ2) is 5.42. The summed E-state index contributed by atoms with van der Waals surface area (Å²) in [5, 5.41) is 1.92. The fraction of sp³-hybridized carbons (Fsp3) is 0.583. The number of rotatable bonds is 4. The summed E-state index contributed by atoms with van der Waals surface area (Å²) in [4.78, 5) is 12.4. The molecule has 3 heteroatoms. The van der Waals surface area contributed by atoms with E-state index >= 15 is 0 Å². The highest BCUT2D eigenvalue weighted by Crippen LogP contribution is 2.20. The van der Waals surface area contributed by atoms with Gasteiger partial charge in [0.05, 0.1) is 11.0 Å². The molecule has 82 valence electrons. The third kappa shape index (κ3) is 3.14. The first kappa shape index (κ1) is 10.8. The zero-order valence-electron chi connectivity index (χ0n) is 8.78. The van der Waals surface area contributed by atoms with Gasteiger partial charge in [0, 0.05) is 0 Å². The van der Waals surface area contributed by atoms with Crippen molar-refractivity contribution in [2.75, 3.05) is 6.61 Å². The molecule has 0 saturated heterocycles. The van der Waals surface area contributed by atoms with E-state index < -0.39 is 0 Å². The van der Waals surface area contributed by atoms with Gasteiger partial charge >= 0.3 is 0 Å². The Morgan fingerprint density at radius 1 is 1.40 bits per heavy atom. The zero-order chi connectivity index (χ0) is 10.5. The van der Waals surface area contributed by atoms with Crippen molar-refractivity contribution in [3.05, 3.63) is 22.4 Å². The van der Waals surface area contributed by atoms with Crippen LogP contribution < -0.4 is 0 Å². The molecule has 0 aromatic carbocycles. The van der Waals surface area contributed by atoms with Crippen molar-refractivity contribution in [1.29, 1.82) is 0 Å². The Morgan fingerprint density at radius 3 is 2.87 bits per heavy atom. The van der Waals surface area contributed by atoms with Crippen LogP contribution in [0.25, 0.3) is 0 Å². The average molecular weight is 224 g/mol. The lowest BCUT2D eigenvalue weighted by atomic mass is 9.98. The third-order valence-electron chi connectivity index (χ3n) is 2.80. The van der Waals surface area contributed by atoms with E-state index in [1.165, 1.54) is 30.6 Å². The third-order valence-corrected chi connectivity index (χ3v) is 3.71. The van der Waals surface area contributed by atoms with E-state index in [-0.39, 0.29) is 12.4 Å². The lowest BCUT2D eigenvalue weighted by Crippen LogP contribution is -2.20. The first-order valence-corrected chi connectivity index (χ1v) is 6.42. The summed E-state index contributed by atoms with van der Waals surface area (Å²) in [6.45, 7) is 0.255. The zero-order valence-corrected chi connectivity index (χ0v) is 9.59. The Balaban J connectivity index is 1.75. The first-order chi connectivity index (χ1) is 7.36. The molecule has 1 saturated carbocycles. The van der Waals surface area contributed by atoms with Gasteiger partial charge in [-0.05, 0) is 24.3 Å². The summed E-state index contributed by atoms with van der Waals surface area (Å²) < 4.78 is 5.63. The van der Waals surface area contributed by atoms with E-state index in [1.807, 2.05) is 17.5 Å². The minimum Gasteiger partial charge on any atom is -0.370 e. The van der Waals surface area contributed by atoms with Crippen LogP contribution in [0.2, 0.25) is 0 Å². The molecule has 15 heavy (non-hydrogen) atoms. The normalized spacial score (nSPS) is 17.9. The molecule has 2 rings (SSSR count). The van der Waals surface area contributed by atoms with Crippen molar-refractivity contribution >= 4 is 17.1 Å². The first-order valence-electron chi connectivity index (χ1n) is 5.54. The molecule has 1 aromatic heterocycles. The van der Waals surface area contributed by atoms with Crippen LogP contribution in [0, 0.1) is 0 Å². The highest BCUT2D eigenvalue weighted by molar-refractivity contribution is 7.12. The molecular formula is C12H16O2S. The quantitative estimate of drug-likeness (QED) is 0.734. The monoisotopic (exact) mass is 224 g/mol. The summed E-state index contributed by atoms with van der Waals surface area (Å²) in [7, 11) is 0. The summed E-state index contributed by atoms with van der Waals surface area (Å²) >= 11 is 1.49. The molecule has 0 spiro atoms. The van der Waals surface area contributed by atoms with Gasteiger partial charge in [-0.25, -0.2) is 0 Å². The molecule has 1 aliphatic rings. The Morgan fingerprint density at radius 2 is 2.20 bits per heavy atom. The number of ether oxygens (including phenoxy) is 1. The van der Waals surface area contributed by atoms with Gasteiger partial charge in [0.1, 0.15) is 6.61 Å². The van der Waals surface area contributed by atoms with E-state index in [4.69, 9.17) is 4.74 Å². The fourth-order valence-electron chi connectivity index (χ4n) is 1.93. The lowest BCUT2D eigenvalue weighted by molar-refractivity contribution is 0.0286. The lowest BCUT2D eigenvalue weighted by Gasteiger charge is -2.21. The van der Waals surface area contributed by atoms with Crippen molar-refractivity contribution in [2.24, 2.45) is 0 Å². The Bertz CT molecular complexity index is 299. The summed E-state index contributed by atoms with van der Waals surface area (Å²) in [5.74, 6) is 0.121. The topological polar surface area (TPSA) is 26.3 Å². The molecule has 0 amide bonds. The van der Waals surface area contributed by atoms with Crippen molar-refractivity contribution in [3.8, 4) is 0 Å². The number of ketones is 1. The number of hydrogen-bond acceptors (Lipinski definition) is 3. The predicted octanol–water partition coefficient (Wildman–Crippen LogP) is 3.28. The number of Topliss-reactive ketones (excluding diaryl/α,β-unsaturated/α-hetero) is 1. The molecule has 1 aliphatic carbocycles. The van der Waals surface area contributed by atoms with Crippen LogP contribution in [0.15, 0.2) is 17.5 Å². The number of thiophene rings is 1. The van der Waals surface area contributed by atoms with Crippen LogP contribution in [-0.2, 0) is 4.74 Å². The van der Waals surface area contributed by atoms with Crippen molar-refractivity contribution in [1.82, 2.24) is 0 Å². The standard InChI is InChI=1S/C12H16O2S/c13-11(12-7-4-8-15-12)9-14-10-5-2-1-3-6-10/h4,7-8,10H,1-3,5-6,9H2.